The quantitative estimate of drug-likeness (QED) is 0.850. The highest BCUT2D eigenvalue weighted by molar-refractivity contribution is 5.92. The van der Waals surface area contributed by atoms with Gasteiger partial charge in [0.2, 0.25) is 0 Å². The summed E-state index contributed by atoms with van der Waals surface area (Å²) in [5, 5.41) is 6.03. The molecule has 1 aliphatic heterocycles. The third-order valence-electron chi connectivity index (χ3n) is 3.30. The monoisotopic (exact) mass is 263 g/mol. The molecule has 1 unspecified atom stereocenters. The summed E-state index contributed by atoms with van der Waals surface area (Å²) in [5.41, 5.74) is 1.13. The van der Waals surface area contributed by atoms with E-state index in [9.17, 15) is 4.79 Å². The van der Waals surface area contributed by atoms with Crippen LogP contribution in [0.2, 0.25) is 0 Å². The third kappa shape index (κ3) is 3.67. The Labute approximate surface area is 113 Å². The van der Waals surface area contributed by atoms with Crippen molar-refractivity contribution < 1.29 is 9.53 Å². The first-order chi connectivity index (χ1) is 9.13. The molecule has 0 radical (unpaired) electrons. The van der Waals surface area contributed by atoms with Crippen LogP contribution in [0.25, 0.3) is 0 Å². The fourth-order valence-corrected chi connectivity index (χ4v) is 2.17. The topological polar surface area (TPSA) is 63.2 Å². The Balaban J connectivity index is 1.88. The molecular formula is C14H21N3O2. The van der Waals surface area contributed by atoms with E-state index >= 15 is 0 Å². The number of carbonyl (C=O) groups is 1. The lowest BCUT2D eigenvalue weighted by Gasteiger charge is -2.23. The molecule has 2 N–H and O–H groups in total. The van der Waals surface area contributed by atoms with E-state index in [-0.39, 0.29) is 11.5 Å². The number of rotatable bonds is 5. The number of pyridine rings is 1. The molecule has 104 valence electrons. The van der Waals surface area contributed by atoms with Crippen molar-refractivity contribution in [3.05, 3.63) is 24.0 Å². The Morgan fingerprint density at radius 3 is 2.95 bits per heavy atom. The summed E-state index contributed by atoms with van der Waals surface area (Å²) in [4.78, 5) is 16.1. The van der Waals surface area contributed by atoms with Gasteiger partial charge in [0.05, 0.1) is 17.5 Å². The Morgan fingerprint density at radius 2 is 2.37 bits per heavy atom. The highest BCUT2D eigenvalue weighted by Crippen LogP contribution is 2.23. The molecule has 1 aliphatic rings. The zero-order valence-electron chi connectivity index (χ0n) is 11.5. The van der Waals surface area contributed by atoms with E-state index in [1.807, 2.05) is 19.9 Å². The number of hydrogen-bond donors (Lipinski definition) is 2. The molecule has 1 fully saturated rings. The molecule has 0 saturated carbocycles. The van der Waals surface area contributed by atoms with Crippen molar-refractivity contribution in [2.24, 2.45) is 0 Å². The van der Waals surface area contributed by atoms with Crippen LogP contribution in [0.3, 0.4) is 0 Å². The number of nitrogens with one attached hydrogen (secondary N) is 2. The van der Waals surface area contributed by atoms with Gasteiger partial charge in [0.25, 0.3) is 5.91 Å². The largest absolute Gasteiger partial charge is 0.384 e. The summed E-state index contributed by atoms with van der Waals surface area (Å²) >= 11 is 0. The summed E-state index contributed by atoms with van der Waals surface area (Å²) in [6.45, 7) is 6.19. The van der Waals surface area contributed by atoms with Gasteiger partial charge in [-0.25, -0.2) is 4.98 Å². The molecule has 1 aromatic rings. The Hall–Kier alpha value is -1.62. The lowest BCUT2D eigenvalue weighted by Crippen LogP contribution is -2.40. The lowest BCUT2D eigenvalue weighted by atomic mass is 10.0. The molecule has 2 heterocycles. The second-order valence-corrected chi connectivity index (χ2v) is 5.05. The van der Waals surface area contributed by atoms with Crippen LogP contribution >= 0.6 is 0 Å². The molecule has 5 heteroatoms. The molecule has 0 aliphatic carbocycles. The van der Waals surface area contributed by atoms with Gasteiger partial charge < -0.3 is 15.4 Å². The fraction of sp³-hybridized carbons (Fsp3) is 0.571. The van der Waals surface area contributed by atoms with E-state index < -0.39 is 0 Å². The van der Waals surface area contributed by atoms with Crippen molar-refractivity contribution in [1.29, 1.82) is 0 Å². The molecule has 1 atom stereocenters. The first kappa shape index (κ1) is 13.8. The van der Waals surface area contributed by atoms with Crippen molar-refractivity contribution in [3.63, 3.8) is 0 Å². The first-order valence-corrected chi connectivity index (χ1v) is 6.75. The molecular weight excluding hydrogens is 242 g/mol. The molecule has 0 spiro atoms. The molecule has 1 saturated heterocycles. The standard InChI is InChI=1S/C14H21N3O2/c1-3-15-11-5-6-12(16-9-11)13(18)17-10-14(2)7-4-8-19-14/h5-6,9,15H,3-4,7-8,10H2,1-2H3,(H,17,18). The van der Waals surface area contributed by atoms with E-state index in [4.69, 9.17) is 4.74 Å². The number of nitrogens with zero attached hydrogens (tertiary/aromatic N) is 1. The maximum atomic E-state index is 12.0. The van der Waals surface area contributed by atoms with Gasteiger partial charge in [0.15, 0.2) is 0 Å². The van der Waals surface area contributed by atoms with E-state index in [0.29, 0.717) is 12.2 Å². The van der Waals surface area contributed by atoms with Crippen LogP contribution < -0.4 is 10.6 Å². The van der Waals surface area contributed by atoms with Gasteiger partial charge in [0.1, 0.15) is 5.69 Å². The fourth-order valence-electron chi connectivity index (χ4n) is 2.17. The van der Waals surface area contributed by atoms with Gasteiger partial charge in [0, 0.05) is 19.7 Å². The van der Waals surface area contributed by atoms with Crippen LogP contribution in [-0.2, 0) is 4.74 Å². The SMILES string of the molecule is CCNc1ccc(C(=O)NCC2(C)CCCO2)nc1. The first-order valence-electron chi connectivity index (χ1n) is 6.75. The van der Waals surface area contributed by atoms with Crippen LogP contribution in [0, 0.1) is 0 Å². The average Bonchev–Trinajstić information content (AvgIpc) is 2.85. The maximum absolute atomic E-state index is 12.0. The normalized spacial score (nSPS) is 22.2. The summed E-state index contributed by atoms with van der Waals surface area (Å²) < 4.78 is 5.63. The van der Waals surface area contributed by atoms with Gasteiger partial charge >= 0.3 is 0 Å². The van der Waals surface area contributed by atoms with Gasteiger partial charge in [-0.15, -0.1) is 0 Å². The number of hydrogen-bond acceptors (Lipinski definition) is 4. The molecule has 2 rings (SSSR count). The van der Waals surface area contributed by atoms with Crippen LogP contribution in [0.4, 0.5) is 5.69 Å². The van der Waals surface area contributed by atoms with Crippen molar-refractivity contribution in [2.45, 2.75) is 32.3 Å². The number of ether oxygens (including phenoxy) is 1. The zero-order chi connectivity index (χ0) is 13.7. The lowest BCUT2D eigenvalue weighted by molar-refractivity contribution is 0.0205. The number of carbonyl (C=O) groups excluding carboxylic acids is 1. The second-order valence-electron chi connectivity index (χ2n) is 5.05. The Kier molecular flexibility index (Phi) is 4.37. The molecule has 5 nitrogen and oxygen atoms in total. The minimum atomic E-state index is -0.223. The summed E-state index contributed by atoms with van der Waals surface area (Å²) in [6, 6.07) is 3.59. The predicted octanol–water partition coefficient (Wildman–Crippen LogP) is 1.81. The Bertz CT molecular complexity index is 425. The number of aromatic nitrogens is 1. The third-order valence-corrected chi connectivity index (χ3v) is 3.30. The van der Waals surface area contributed by atoms with Crippen molar-refractivity contribution in [2.75, 3.05) is 25.0 Å². The second kappa shape index (κ2) is 6.02. The van der Waals surface area contributed by atoms with Gasteiger partial charge in [-0.05, 0) is 38.8 Å². The molecule has 1 aromatic heterocycles. The Morgan fingerprint density at radius 1 is 1.53 bits per heavy atom. The zero-order valence-corrected chi connectivity index (χ0v) is 11.5. The van der Waals surface area contributed by atoms with E-state index in [0.717, 1.165) is 31.7 Å². The summed E-state index contributed by atoms with van der Waals surface area (Å²) in [7, 11) is 0. The van der Waals surface area contributed by atoms with Crippen molar-refractivity contribution in [3.8, 4) is 0 Å². The van der Waals surface area contributed by atoms with Gasteiger partial charge in [-0.2, -0.15) is 0 Å². The number of amides is 1. The minimum Gasteiger partial charge on any atom is -0.384 e. The van der Waals surface area contributed by atoms with Crippen LogP contribution in [0.15, 0.2) is 18.3 Å². The van der Waals surface area contributed by atoms with E-state index in [1.54, 1.807) is 12.3 Å². The van der Waals surface area contributed by atoms with E-state index in [2.05, 4.69) is 15.6 Å². The van der Waals surface area contributed by atoms with Crippen LogP contribution in [0.5, 0.6) is 0 Å². The van der Waals surface area contributed by atoms with Crippen molar-refractivity contribution >= 4 is 11.6 Å². The molecule has 19 heavy (non-hydrogen) atoms. The molecule has 0 bridgehead atoms. The van der Waals surface area contributed by atoms with E-state index in [1.165, 1.54) is 0 Å². The number of anilines is 1. The highest BCUT2D eigenvalue weighted by Gasteiger charge is 2.30. The minimum absolute atomic E-state index is 0.153. The van der Waals surface area contributed by atoms with Crippen LogP contribution in [-0.4, -0.2) is 36.2 Å². The molecule has 1 amide bonds. The predicted molar refractivity (Wildman–Crippen MR) is 74.3 cm³/mol. The maximum Gasteiger partial charge on any atom is 0.269 e. The van der Waals surface area contributed by atoms with Gasteiger partial charge in [-0.1, -0.05) is 0 Å². The van der Waals surface area contributed by atoms with Gasteiger partial charge in [-0.3, -0.25) is 4.79 Å². The average molecular weight is 263 g/mol. The summed E-state index contributed by atoms with van der Waals surface area (Å²) in [6.07, 6.45) is 3.72. The van der Waals surface area contributed by atoms with Crippen molar-refractivity contribution in [1.82, 2.24) is 10.3 Å². The van der Waals surface area contributed by atoms with Crippen LogP contribution in [0.1, 0.15) is 37.2 Å². The molecule has 0 aromatic carbocycles. The summed E-state index contributed by atoms with van der Waals surface area (Å²) in [5.74, 6) is -0.153. The smallest absolute Gasteiger partial charge is 0.269 e. The highest BCUT2D eigenvalue weighted by atomic mass is 16.5.